The maximum atomic E-state index is 12.9. The number of hydrogen-bond donors (Lipinski definition) is 0. The monoisotopic (exact) mass is 442 g/mol. The first-order chi connectivity index (χ1) is 16.2. The van der Waals surface area contributed by atoms with Crippen molar-refractivity contribution in [2.24, 2.45) is 0 Å². The normalized spacial score (nSPS) is 13.8. The molecule has 2 aromatic heterocycles. The van der Waals surface area contributed by atoms with Gasteiger partial charge in [-0.05, 0) is 23.8 Å². The summed E-state index contributed by atoms with van der Waals surface area (Å²) < 4.78 is 11.4. The molecule has 4 aromatic rings. The van der Waals surface area contributed by atoms with Crippen LogP contribution in [-0.4, -0.2) is 53.6 Å². The zero-order valence-corrected chi connectivity index (χ0v) is 17.9. The fourth-order valence-electron chi connectivity index (χ4n) is 3.86. The highest BCUT2D eigenvalue weighted by Crippen LogP contribution is 2.23. The van der Waals surface area contributed by atoms with Crippen LogP contribution in [0.25, 0.3) is 22.1 Å². The minimum atomic E-state index is -0.106. The molecule has 0 saturated carbocycles. The molecule has 3 heterocycles. The van der Waals surface area contributed by atoms with Gasteiger partial charge in [0.25, 0.3) is 5.91 Å². The van der Waals surface area contributed by atoms with Crippen molar-refractivity contribution < 1.29 is 13.9 Å². The van der Waals surface area contributed by atoms with Crippen LogP contribution in [0.5, 0.6) is 5.75 Å². The van der Waals surface area contributed by atoms with Crippen molar-refractivity contribution in [2.45, 2.75) is 0 Å². The molecule has 0 unspecified atom stereocenters. The maximum Gasteiger partial charge on any atom is 0.260 e. The minimum absolute atomic E-state index is 0.0837. The lowest BCUT2D eigenvalue weighted by molar-refractivity contribution is -0.133. The van der Waals surface area contributed by atoms with Crippen LogP contribution in [0.1, 0.15) is 0 Å². The average molecular weight is 442 g/mol. The molecule has 0 bridgehead atoms. The Labute approximate surface area is 190 Å². The highest BCUT2D eigenvalue weighted by atomic mass is 16.5. The van der Waals surface area contributed by atoms with Gasteiger partial charge in [0, 0.05) is 44.6 Å². The number of fused-ring (bicyclic) bond motifs is 1. The van der Waals surface area contributed by atoms with E-state index in [1.165, 1.54) is 6.26 Å². The van der Waals surface area contributed by atoms with Crippen LogP contribution in [0.2, 0.25) is 0 Å². The Bertz CT molecular complexity index is 1320. The van der Waals surface area contributed by atoms with Gasteiger partial charge in [0.05, 0.1) is 10.9 Å². The third-order valence-electron chi connectivity index (χ3n) is 5.66. The largest absolute Gasteiger partial charge is 0.484 e. The van der Waals surface area contributed by atoms with E-state index in [0.29, 0.717) is 54.4 Å². The van der Waals surface area contributed by atoms with Gasteiger partial charge in [0.1, 0.15) is 17.6 Å². The summed E-state index contributed by atoms with van der Waals surface area (Å²) in [6.45, 7) is 2.41. The molecular formula is C25H22N4O4. The molecule has 0 atom stereocenters. The highest BCUT2D eigenvalue weighted by molar-refractivity contribution is 5.83. The average Bonchev–Trinajstić information content (AvgIpc) is 2.88. The maximum absolute atomic E-state index is 12.9. The van der Waals surface area contributed by atoms with Crippen LogP contribution in [-0.2, 0) is 4.79 Å². The van der Waals surface area contributed by atoms with Gasteiger partial charge in [-0.3, -0.25) is 9.59 Å². The van der Waals surface area contributed by atoms with Gasteiger partial charge in [-0.15, -0.1) is 0 Å². The van der Waals surface area contributed by atoms with E-state index in [-0.39, 0.29) is 17.9 Å². The Morgan fingerprint density at radius 1 is 0.970 bits per heavy atom. The van der Waals surface area contributed by atoms with Crippen LogP contribution in [0.3, 0.4) is 0 Å². The number of aromatic nitrogens is 2. The Morgan fingerprint density at radius 3 is 2.48 bits per heavy atom. The molecule has 1 aliphatic heterocycles. The Hall–Kier alpha value is -4.20. The van der Waals surface area contributed by atoms with E-state index < -0.39 is 0 Å². The highest BCUT2D eigenvalue weighted by Gasteiger charge is 2.22. The number of ether oxygens (including phenoxy) is 1. The first-order valence-corrected chi connectivity index (χ1v) is 10.7. The van der Waals surface area contributed by atoms with Crippen molar-refractivity contribution >= 4 is 22.8 Å². The molecule has 0 spiro atoms. The van der Waals surface area contributed by atoms with E-state index in [2.05, 4.69) is 14.9 Å². The molecule has 0 radical (unpaired) electrons. The second-order valence-corrected chi connectivity index (χ2v) is 7.71. The fourth-order valence-corrected chi connectivity index (χ4v) is 3.86. The van der Waals surface area contributed by atoms with Crippen molar-refractivity contribution in [3.63, 3.8) is 0 Å². The number of nitrogens with zero attached hydrogens (tertiary/aromatic N) is 4. The summed E-state index contributed by atoms with van der Waals surface area (Å²) in [6.07, 6.45) is 4.88. The molecule has 1 saturated heterocycles. The van der Waals surface area contributed by atoms with Gasteiger partial charge in [-0.1, -0.05) is 30.3 Å². The molecule has 33 heavy (non-hydrogen) atoms. The molecule has 1 aliphatic rings. The smallest absolute Gasteiger partial charge is 0.260 e. The molecule has 166 valence electrons. The van der Waals surface area contributed by atoms with Gasteiger partial charge in [0.15, 0.2) is 12.0 Å². The van der Waals surface area contributed by atoms with E-state index >= 15 is 0 Å². The first-order valence-electron chi connectivity index (χ1n) is 10.7. The lowest BCUT2D eigenvalue weighted by Gasteiger charge is -2.34. The summed E-state index contributed by atoms with van der Waals surface area (Å²) in [6, 6.07) is 16.2. The Balaban J connectivity index is 1.22. The Kier molecular flexibility index (Phi) is 5.72. The number of piperazine rings is 1. The van der Waals surface area contributed by atoms with Gasteiger partial charge >= 0.3 is 0 Å². The molecule has 1 amide bonds. The lowest BCUT2D eigenvalue weighted by Crippen LogP contribution is -2.50. The zero-order valence-electron chi connectivity index (χ0n) is 17.9. The summed E-state index contributed by atoms with van der Waals surface area (Å²) in [5.41, 5.74) is 1.62. The van der Waals surface area contributed by atoms with Crippen molar-refractivity contribution in [1.29, 1.82) is 0 Å². The standard InChI is InChI=1S/C25H22N4O4/c30-23(28-11-13-29(14-12-28)25-26-9-4-10-27-25)17-32-19-7-8-20-22(15-19)33-16-21(24(20)31)18-5-2-1-3-6-18/h1-10,15-16H,11-14,17H2. The van der Waals surface area contributed by atoms with E-state index in [1.54, 1.807) is 41.6 Å². The predicted octanol–water partition coefficient (Wildman–Crippen LogP) is 2.98. The molecule has 0 N–H and O–H groups in total. The van der Waals surface area contributed by atoms with Gasteiger partial charge in [-0.25, -0.2) is 9.97 Å². The topological polar surface area (TPSA) is 88.8 Å². The molecule has 8 heteroatoms. The van der Waals surface area contributed by atoms with Gasteiger partial charge < -0.3 is 19.0 Å². The van der Waals surface area contributed by atoms with E-state index in [9.17, 15) is 9.59 Å². The van der Waals surface area contributed by atoms with Gasteiger partial charge in [0.2, 0.25) is 5.95 Å². The predicted molar refractivity (Wildman–Crippen MR) is 124 cm³/mol. The van der Waals surface area contributed by atoms with Crippen LogP contribution in [0, 0.1) is 0 Å². The van der Waals surface area contributed by atoms with Crippen LogP contribution in [0.4, 0.5) is 5.95 Å². The van der Waals surface area contributed by atoms with Crippen LogP contribution < -0.4 is 15.1 Å². The number of anilines is 1. The number of carbonyl (C=O) groups is 1. The van der Waals surface area contributed by atoms with E-state index in [4.69, 9.17) is 9.15 Å². The summed E-state index contributed by atoms with van der Waals surface area (Å²) in [5.74, 6) is 1.06. The summed E-state index contributed by atoms with van der Waals surface area (Å²) in [5, 5.41) is 0.467. The van der Waals surface area contributed by atoms with E-state index in [1.807, 2.05) is 30.3 Å². The first kappa shape index (κ1) is 20.7. The lowest BCUT2D eigenvalue weighted by atomic mass is 10.1. The number of carbonyl (C=O) groups excluding carboxylic acids is 1. The summed E-state index contributed by atoms with van der Waals surface area (Å²) in [7, 11) is 0. The third kappa shape index (κ3) is 4.41. The Morgan fingerprint density at radius 2 is 1.73 bits per heavy atom. The molecule has 0 aliphatic carbocycles. The third-order valence-corrected chi connectivity index (χ3v) is 5.66. The second-order valence-electron chi connectivity index (χ2n) is 7.71. The second kappa shape index (κ2) is 9.12. The molecule has 2 aromatic carbocycles. The van der Waals surface area contributed by atoms with E-state index in [0.717, 1.165) is 5.56 Å². The number of benzene rings is 2. The number of amides is 1. The van der Waals surface area contributed by atoms with Crippen molar-refractivity contribution in [1.82, 2.24) is 14.9 Å². The fraction of sp³-hybridized carbons (Fsp3) is 0.200. The number of hydrogen-bond acceptors (Lipinski definition) is 7. The van der Waals surface area contributed by atoms with Gasteiger partial charge in [-0.2, -0.15) is 0 Å². The molecule has 5 rings (SSSR count). The minimum Gasteiger partial charge on any atom is -0.484 e. The van der Waals surface area contributed by atoms with Crippen molar-refractivity contribution in [3.8, 4) is 16.9 Å². The molecular weight excluding hydrogens is 420 g/mol. The zero-order chi connectivity index (χ0) is 22.6. The van der Waals surface area contributed by atoms with Crippen molar-refractivity contribution in [2.75, 3.05) is 37.7 Å². The van der Waals surface area contributed by atoms with Crippen LogP contribution >= 0.6 is 0 Å². The number of rotatable bonds is 5. The van der Waals surface area contributed by atoms with Crippen LogP contribution in [0.15, 0.2) is 82.5 Å². The molecule has 1 fully saturated rings. The molecule has 8 nitrogen and oxygen atoms in total. The SMILES string of the molecule is O=C(COc1ccc2c(=O)c(-c3ccccc3)coc2c1)N1CCN(c2ncccn2)CC1. The van der Waals surface area contributed by atoms with Crippen molar-refractivity contribution in [3.05, 3.63) is 83.5 Å². The quantitative estimate of drug-likeness (QED) is 0.469. The summed E-state index contributed by atoms with van der Waals surface area (Å²) >= 11 is 0. The summed E-state index contributed by atoms with van der Waals surface area (Å²) in [4.78, 5) is 37.8.